The molecule has 0 bridgehead atoms. The van der Waals surface area contributed by atoms with Crippen LogP contribution in [0.15, 0.2) is 65.7 Å². The first kappa shape index (κ1) is 31.1. The highest BCUT2D eigenvalue weighted by Gasteiger charge is 2.71. The number of amides is 1. The molecule has 2 N–H and O–H groups in total. The Labute approximate surface area is 237 Å². The monoisotopic (exact) mass is 617 g/mol. The van der Waals surface area contributed by atoms with Gasteiger partial charge in [-0.25, -0.2) is 13.4 Å². The van der Waals surface area contributed by atoms with Crippen molar-refractivity contribution < 1.29 is 49.4 Å². The third-order valence-electron chi connectivity index (χ3n) is 6.92. The molecule has 3 aromatic rings. The maximum absolute atomic E-state index is 13.8. The van der Waals surface area contributed by atoms with Gasteiger partial charge in [0.2, 0.25) is 5.88 Å². The zero-order valence-electron chi connectivity index (χ0n) is 22.1. The molecule has 0 radical (unpaired) electrons. The number of aliphatic hydroxyl groups is 1. The van der Waals surface area contributed by atoms with Gasteiger partial charge in [0.25, 0.3) is 21.5 Å². The number of carbonyl (C=O) groups is 1. The standard InChI is InChI=1S/C27H25F6N3O5S/c1-16-3-8-21(9-4-16)42(39,40)36-20(15-35-24(37)18-11-12-34-23(14-18)41-2)7-5-17-13-19(6-10-22(17)36)25(38,26(28,29)30)27(31,32)33/h3-4,6,8-14,20,38H,5,7,15H2,1-2H3,(H,35,37)/t20-/m0/s1. The number of methoxy groups -OCH3 is 1. The third-order valence-corrected chi connectivity index (χ3v) is 8.80. The summed E-state index contributed by atoms with van der Waals surface area (Å²) in [5.74, 6) is -0.434. The fourth-order valence-electron chi connectivity index (χ4n) is 4.66. The summed E-state index contributed by atoms with van der Waals surface area (Å²) in [4.78, 5) is 16.5. The molecule has 1 aliphatic rings. The quantitative estimate of drug-likeness (QED) is 0.374. The Hall–Kier alpha value is -3.85. The number of hydrogen-bond acceptors (Lipinski definition) is 6. The molecule has 0 unspecified atom stereocenters. The summed E-state index contributed by atoms with van der Waals surface area (Å²) in [5.41, 5.74) is -6.10. The number of fused-ring (bicyclic) bond motifs is 1. The van der Waals surface area contributed by atoms with Crippen LogP contribution in [0, 0.1) is 6.92 Å². The first-order valence-corrected chi connectivity index (χ1v) is 13.8. The average Bonchev–Trinajstić information content (AvgIpc) is 2.93. The largest absolute Gasteiger partial charge is 0.481 e. The highest BCUT2D eigenvalue weighted by molar-refractivity contribution is 7.92. The first-order chi connectivity index (χ1) is 19.5. The number of sulfonamides is 1. The Morgan fingerprint density at radius 3 is 2.29 bits per heavy atom. The Balaban J connectivity index is 1.76. The lowest BCUT2D eigenvalue weighted by atomic mass is 9.88. The molecule has 8 nitrogen and oxygen atoms in total. The molecule has 1 amide bonds. The van der Waals surface area contributed by atoms with E-state index in [0.717, 1.165) is 15.9 Å². The summed E-state index contributed by atoms with van der Waals surface area (Å²) < 4.78 is 115. The first-order valence-electron chi connectivity index (χ1n) is 12.4. The highest BCUT2D eigenvalue weighted by Crippen LogP contribution is 2.51. The molecule has 1 aromatic heterocycles. The molecular weight excluding hydrogens is 592 g/mol. The van der Waals surface area contributed by atoms with Gasteiger partial charge in [-0.2, -0.15) is 26.3 Å². The molecule has 0 aliphatic carbocycles. The molecule has 0 saturated heterocycles. The van der Waals surface area contributed by atoms with E-state index < -0.39 is 45.5 Å². The normalized spacial score (nSPS) is 16.1. The molecule has 2 heterocycles. The maximum atomic E-state index is 13.8. The van der Waals surface area contributed by atoms with Crippen molar-refractivity contribution in [1.29, 1.82) is 0 Å². The zero-order valence-corrected chi connectivity index (χ0v) is 22.9. The van der Waals surface area contributed by atoms with Crippen molar-refractivity contribution in [3.05, 3.63) is 83.0 Å². The SMILES string of the molecule is COc1cc(C(=O)NC[C@@H]2CCc3cc(C(O)(C(F)(F)F)C(F)(F)F)ccc3N2S(=O)(=O)c2ccc(C)cc2)ccn1. The van der Waals surface area contributed by atoms with Crippen LogP contribution in [0.1, 0.15) is 33.5 Å². The summed E-state index contributed by atoms with van der Waals surface area (Å²) in [5, 5.41) is 12.5. The third kappa shape index (κ3) is 5.62. The van der Waals surface area contributed by atoms with Gasteiger partial charge in [0.05, 0.1) is 23.7 Å². The van der Waals surface area contributed by atoms with Gasteiger partial charge in [-0.15, -0.1) is 0 Å². The van der Waals surface area contributed by atoms with E-state index in [1.165, 1.54) is 49.7 Å². The minimum atomic E-state index is -6.11. The molecule has 2 aromatic carbocycles. The minimum absolute atomic E-state index is 0.0715. The fourth-order valence-corrected chi connectivity index (χ4v) is 6.38. The van der Waals surface area contributed by atoms with E-state index in [1.807, 2.05) is 0 Å². The summed E-state index contributed by atoms with van der Waals surface area (Å²) in [6, 6.07) is 9.22. The topological polar surface area (TPSA) is 109 Å². The summed E-state index contributed by atoms with van der Waals surface area (Å²) in [6.45, 7) is 1.48. The molecule has 0 fully saturated rings. The average molecular weight is 618 g/mol. The van der Waals surface area contributed by atoms with Crippen LogP contribution < -0.4 is 14.4 Å². The van der Waals surface area contributed by atoms with Crippen molar-refractivity contribution in [2.75, 3.05) is 18.0 Å². The second-order valence-corrected chi connectivity index (χ2v) is 11.5. The number of aromatic nitrogens is 1. The van der Waals surface area contributed by atoms with Gasteiger partial charge in [0.15, 0.2) is 0 Å². The van der Waals surface area contributed by atoms with Crippen LogP contribution in [0.4, 0.5) is 32.0 Å². The summed E-state index contributed by atoms with van der Waals surface area (Å²) in [6.07, 6.45) is -11.1. The summed E-state index contributed by atoms with van der Waals surface area (Å²) >= 11 is 0. The molecule has 15 heteroatoms. The van der Waals surface area contributed by atoms with Crippen LogP contribution in [0.3, 0.4) is 0 Å². The van der Waals surface area contributed by atoms with Crippen LogP contribution in [0.25, 0.3) is 0 Å². The predicted octanol–water partition coefficient (Wildman–Crippen LogP) is 4.65. The Morgan fingerprint density at radius 2 is 1.69 bits per heavy atom. The van der Waals surface area contributed by atoms with Crippen molar-refractivity contribution in [2.24, 2.45) is 0 Å². The van der Waals surface area contributed by atoms with Crippen molar-refractivity contribution >= 4 is 21.6 Å². The smallest absolute Gasteiger partial charge is 0.430 e. The number of nitrogens with zero attached hydrogens (tertiary/aromatic N) is 2. The number of anilines is 1. The molecule has 1 atom stereocenters. The maximum Gasteiger partial charge on any atom is 0.430 e. The van der Waals surface area contributed by atoms with Crippen LogP contribution in [-0.4, -0.2) is 56.5 Å². The van der Waals surface area contributed by atoms with E-state index in [4.69, 9.17) is 4.74 Å². The Kier molecular flexibility index (Phi) is 8.21. The van der Waals surface area contributed by atoms with E-state index in [-0.39, 0.29) is 47.0 Å². The number of pyridine rings is 1. The van der Waals surface area contributed by atoms with E-state index in [9.17, 15) is 44.7 Å². The number of aryl methyl sites for hydroxylation is 2. The van der Waals surface area contributed by atoms with Crippen LogP contribution in [0.5, 0.6) is 5.88 Å². The van der Waals surface area contributed by atoms with Crippen LogP contribution in [-0.2, 0) is 22.0 Å². The van der Waals surface area contributed by atoms with Gasteiger partial charge in [0, 0.05) is 29.9 Å². The van der Waals surface area contributed by atoms with Gasteiger partial charge in [-0.1, -0.05) is 29.8 Å². The molecule has 1 aliphatic heterocycles. The van der Waals surface area contributed by atoms with E-state index in [2.05, 4.69) is 10.3 Å². The lowest BCUT2D eigenvalue weighted by Crippen LogP contribution is -2.54. The van der Waals surface area contributed by atoms with Gasteiger partial charge in [-0.3, -0.25) is 9.10 Å². The van der Waals surface area contributed by atoms with Gasteiger partial charge < -0.3 is 15.2 Å². The van der Waals surface area contributed by atoms with Crippen molar-refractivity contribution in [1.82, 2.24) is 10.3 Å². The number of rotatable bonds is 7. The fraction of sp³-hybridized carbons (Fsp3) is 0.333. The number of alkyl halides is 6. The number of halogens is 6. The molecule has 4 rings (SSSR count). The van der Waals surface area contributed by atoms with Gasteiger partial charge in [0.1, 0.15) is 0 Å². The Bertz CT molecular complexity index is 1560. The minimum Gasteiger partial charge on any atom is -0.481 e. The van der Waals surface area contributed by atoms with Crippen molar-refractivity contribution in [3.8, 4) is 5.88 Å². The molecule has 0 saturated carbocycles. The van der Waals surface area contributed by atoms with Gasteiger partial charge >= 0.3 is 12.4 Å². The number of carbonyl (C=O) groups excluding carboxylic acids is 1. The highest BCUT2D eigenvalue weighted by atomic mass is 32.2. The second-order valence-electron chi connectivity index (χ2n) is 9.65. The Morgan fingerprint density at radius 1 is 1.05 bits per heavy atom. The number of ether oxygens (including phenoxy) is 1. The molecule has 0 spiro atoms. The van der Waals surface area contributed by atoms with Crippen LogP contribution >= 0.6 is 0 Å². The molecule has 42 heavy (non-hydrogen) atoms. The molecular formula is C27H25F6N3O5S. The van der Waals surface area contributed by atoms with E-state index in [0.29, 0.717) is 12.1 Å². The zero-order chi connectivity index (χ0) is 31.1. The molecule has 226 valence electrons. The summed E-state index contributed by atoms with van der Waals surface area (Å²) in [7, 11) is -3.07. The van der Waals surface area contributed by atoms with Gasteiger partial charge in [-0.05, 0) is 49.6 Å². The lowest BCUT2D eigenvalue weighted by Gasteiger charge is -2.39. The number of benzene rings is 2. The predicted molar refractivity (Wildman–Crippen MR) is 139 cm³/mol. The van der Waals surface area contributed by atoms with E-state index in [1.54, 1.807) is 6.92 Å². The lowest BCUT2D eigenvalue weighted by molar-refractivity contribution is -0.376. The van der Waals surface area contributed by atoms with E-state index >= 15 is 0 Å². The van der Waals surface area contributed by atoms with Crippen molar-refractivity contribution in [3.63, 3.8) is 0 Å². The van der Waals surface area contributed by atoms with Crippen LogP contribution in [0.2, 0.25) is 0 Å². The number of nitrogens with one attached hydrogen (secondary N) is 1. The second kappa shape index (κ2) is 11.1. The number of hydrogen-bond donors (Lipinski definition) is 2. The van der Waals surface area contributed by atoms with Crippen molar-refractivity contribution in [2.45, 2.75) is 48.7 Å².